The average Bonchev–Trinajstić information content (AvgIpc) is 3.52. The number of fused-ring (bicyclic) bond motifs is 1. The van der Waals surface area contributed by atoms with Crippen LogP contribution >= 0.6 is 11.5 Å². The van der Waals surface area contributed by atoms with Gasteiger partial charge in [-0.3, -0.25) is 0 Å². The molecule has 3 aromatic rings. The SMILES string of the molecule is Cc1cc(-c2nsc3c(S(=O)(=O)C4CC4)cc(N4CCOC[C@H]4C)nc23)n(C2CCCCO2)n1. The molecule has 182 valence electrons. The van der Waals surface area contributed by atoms with Gasteiger partial charge in [-0.1, -0.05) is 0 Å². The zero-order chi connectivity index (χ0) is 23.4. The number of morpholine rings is 1. The van der Waals surface area contributed by atoms with Crippen LogP contribution in [0.25, 0.3) is 21.6 Å². The van der Waals surface area contributed by atoms with E-state index >= 15 is 0 Å². The first-order valence-electron chi connectivity index (χ1n) is 12.0. The molecule has 9 nitrogen and oxygen atoms in total. The van der Waals surface area contributed by atoms with Crippen molar-refractivity contribution in [3.05, 3.63) is 17.8 Å². The molecule has 0 bridgehead atoms. The molecule has 2 saturated heterocycles. The molecule has 11 heteroatoms. The van der Waals surface area contributed by atoms with Crippen LogP contribution in [0.4, 0.5) is 5.82 Å². The zero-order valence-electron chi connectivity index (χ0n) is 19.4. The Balaban J connectivity index is 1.54. The van der Waals surface area contributed by atoms with Gasteiger partial charge in [-0.25, -0.2) is 18.1 Å². The maximum absolute atomic E-state index is 13.5. The lowest BCUT2D eigenvalue weighted by atomic mass is 10.1. The standard InChI is InChI=1S/C23H29N5O4S2/c1-14-11-17(28(25-14)20-5-3-4-9-32-20)21-22-23(33-26-21)18(34(29,30)16-6-7-16)12-19(24-22)27-8-10-31-13-15(27)2/h11-12,15-16,20H,3-10,13H2,1-2H3/t15-,20?/m1/s1. The molecule has 0 amide bonds. The minimum Gasteiger partial charge on any atom is -0.377 e. The second kappa shape index (κ2) is 8.54. The molecule has 1 saturated carbocycles. The van der Waals surface area contributed by atoms with Gasteiger partial charge in [0.25, 0.3) is 0 Å². The molecule has 0 radical (unpaired) electrons. The van der Waals surface area contributed by atoms with Crippen LogP contribution < -0.4 is 4.90 Å². The third-order valence-corrected chi connectivity index (χ3v) is 10.1. The molecule has 0 spiro atoms. The number of anilines is 1. The number of hydrogen-bond acceptors (Lipinski definition) is 9. The molecule has 2 aliphatic heterocycles. The molecule has 3 fully saturated rings. The van der Waals surface area contributed by atoms with Gasteiger partial charge in [-0.15, -0.1) is 0 Å². The molecule has 0 N–H and O–H groups in total. The molecule has 5 heterocycles. The van der Waals surface area contributed by atoms with Gasteiger partial charge < -0.3 is 14.4 Å². The lowest BCUT2D eigenvalue weighted by molar-refractivity contribution is -0.0385. The summed E-state index contributed by atoms with van der Waals surface area (Å²) in [6.45, 7) is 6.59. The van der Waals surface area contributed by atoms with Gasteiger partial charge in [0.15, 0.2) is 16.1 Å². The summed E-state index contributed by atoms with van der Waals surface area (Å²) in [6.07, 6.45) is 4.31. The van der Waals surface area contributed by atoms with E-state index in [1.807, 2.05) is 17.7 Å². The van der Waals surface area contributed by atoms with E-state index in [1.54, 1.807) is 6.07 Å². The Labute approximate surface area is 203 Å². The molecular weight excluding hydrogens is 474 g/mol. The fourth-order valence-corrected chi connectivity index (χ4v) is 7.80. The lowest BCUT2D eigenvalue weighted by Gasteiger charge is -2.34. The van der Waals surface area contributed by atoms with Crippen molar-refractivity contribution in [2.75, 3.05) is 31.3 Å². The van der Waals surface area contributed by atoms with E-state index in [4.69, 9.17) is 23.9 Å². The topological polar surface area (TPSA) is 99.4 Å². The average molecular weight is 504 g/mol. The highest BCUT2D eigenvalue weighted by Crippen LogP contribution is 2.42. The molecule has 1 aliphatic carbocycles. The van der Waals surface area contributed by atoms with E-state index in [2.05, 4.69) is 11.8 Å². The van der Waals surface area contributed by atoms with Crippen molar-refractivity contribution in [1.82, 2.24) is 19.1 Å². The van der Waals surface area contributed by atoms with Gasteiger partial charge in [-0.05, 0) is 63.6 Å². The van der Waals surface area contributed by atoms with Crippen LogP contribution in [0.2, 0.25) is 0 Å². The van der Waals surface area contributed by atoms with E-state index in [1.165, 1.54) is 11.5 Å². The fraction of sp³-hybridized carbons (Fsp3) is 0.609. The first-order valence-corrected chi connectivity index (χ1v) is 14.3. The minimum atomic E-state index is -3.44. The summed E-state index contributed by atoms with van der Waals surface area (Å²) in [4.78, 5) is 7.50. The van der Waals surface area contributed by atoms with Crippen molar-refractivity contribution < 1.29 is 17.9 Å². The first kappa shape index (κ1) is 22.4. The third kappa shape index (κ3) is 3.82. The molecule has 6 rings (SSSR count). The molecule has 1 unspecified atom stereocenters. The summed E-state index contributed by atoms with van der Waals surface area (Å²) in [7, 11) is -3.44. The number of nitrogens with zero attached hydrogens (tertiary/aromatic N) is 5. The van der Waals surface area contributed by atoms with Crippen molar-refractivity contribution in [2.45, 2.75) is 68.4 Å². The van der Waals surface area contributed by atoms with Crippen molar-refractivity contribution in [2.24, 2.45) is 0 Å². The van der Waals surface area contributed by atoms with Crippen molar-refractivity contribution >= 4 is 37.4 Å². The van der Waals surface area contributed by atoms with Crippen LogP contribution in [0.15, 0.2) is 17.0 Å². The quantitative estimate of drug-likeness (QED) is 0.519. The molecule has 2 atom stereocenters. The van der Waals surface area contributed by atoms with E-state index < -0.39 is 9.84 Å². The number of ether oxygens (including phenoxy) is 2. The van der Waals surface area contributed by atoms with Crippen LogP contribution in [0.1, 0.15) is 50.9 Å². The summed E-state index contributed by atoms with van der Waals surface area (Å²) in [5.41, 5.74) is 2.99. The second-order valence-corrected chi connectivity index (χ2v) is 12.5. The van der Waals surface area contributed by atoms with E-state index in [-0.39, 0.29) is 17.5 Å². The zero-order valence-corrected chi connectivity index (χ0v) is 21.1. The number of aromatic nitrogens is 4. The Kier molecular flexibility index (Phi) is 5.63. The smallest absolute Gasteiger partial charge is 0.182 e. The highest BCUT2D eigenvalue weighted by molar-refractivity contribution is 7.92. The maximum Gasteiger partial charge on any atom is 0.182 e. The largest absolute Gasteiger partial charge is 0.377 e. The fourth-order valence-electron chi connectivity index (χ4n) is 4.86. The van der Waals surface area contributed by atoms with E-state index in [0.717, 1.165) is 30.7 Å². The molecule has 34 heavy (non-hydrogen) atoms. The Hall–Kier alpha value is -2.08. The minimum absolute atomic E-state index is 0.105. The second-order valence-electron chi connectivity index (χ2n) is 9.49. The van der Waals surface area contributed by atoms with Gasteiger partial charge in [-0.2, -0.15) is 9.47 Å². The summed E-state index contributed by atoms with van der Waals surface area (Å²) < 4.78 is 45.8. The van der Waals surface area contributed by atoms with Gasteiger partial charge in [0.2, 0.25) is 0 Å². The van der Waals surface area contributed by atoms with Crippen LogP contribution in [-0.2, 0) is 19.3 Å². The van der Waals surface area contributed by atoms with Crippen LogP contribution in [-0.4, -0.2) is 65.2 Å². The number of pyridine rings is 1. The van der Waals surface area contributed by atoms with Crippen LogP contribution in [0.5, 0.6) is 0 Å². The molecular formula is C23H29N5O4S2. The van der Waals surface area contributed by atoms with E-state index in [9.17, 15) is 8.42 Å². The normalized spacial score (nSPS) is 24.1. The monoisotopic (exact) mass is 503 g/mol. The molecule has 3 aliphatic rings. The third-order valence-electron chi connectivity index (χ3n) is 6.84. The Morgan fingerprint density at radius 1 is 1.15 bits per heavy atom. The summed E-state index contributed by atoms with van der Waals surface area (Å²) in [5.74, 6) is 0.667. The summed E-state index contributed by atoms with van der Waals surface area (Å²) in [6, 6.07) is 3.86. The van der Waals surface area contributed by atoms with Gasteiger partial charge >= 0.3 is 0 Å². The predicted octanol–water partition coefficient (Wildman–Crippen LogP) is 3.72. The van der Waals surface area contributed by atoms with Gasteiger partial charge in [0.1, 0.15) is 17.0 Å². The summed E-state index contributed by atoms with van der Waals surface area (Å²) >= 11 is 1.21. The van der Waals surface area contributed by atoms with Crippen LogP contribution in [0, 0.1) is 6.92 Å². The number of hydrogen-bond donors (Lipinski definition) is 0. The Morgan fingerprint density at radius 2 is 2.00 bits per heavy atom. The number of aryl methyl sites for hydroxylation is 1. The summed E-state index contributed by atoms with van der Waals surface area (Å²) in [5, 5.41) is 4.41. The first-order chi connectivity index (χ1) is 16.4. The number of rotatable bonds is 5. The molecule has 3 aromatic heterocycles. The highest BCUT2D eigenvalue weighted by Gasteiger charge is 2.39. The van der Waals surface area contributed by atoms with Crippen LogP contribution in [0.3, 0.4) is 0 Å². The number of sulfone groups is 1. The van der Waals surface area contributed by atoms with E-state index in [0.29, 0.717) is 65.8 Å². The van der Waals surface area contributed by atoms with Gasteiger partial charge in [0, 0.05) is 19.2 Å². The lowest BCUT2D eigenvalue weighted by Crippen LogP contribution is -2.44. The molecule has 0 aromatic carbocycles. The Morgan fingerprint density at radius 3 is 2.74 bits per heavy atom. The predicted molar refractivity (Wildman–Crippen MR) is 130 cm³/mol. The maximum atomic E-state index is 13.5. The Bertz CT molecular complexity index is 1320. The van der Waals surface area contributed by atoms with Gasteiger partial charge in [0.05, 0.1) is 45.5 Å². The van der Waals surface area contributed by atoms with Crippen molar-refractivity contribution in [1.29, 1.82) is 0 Å². The van der Waals surface area contributed by atoms with Crippen molar-refractivity contribution in [3.8, 4) is 11.4 Å². The van der Waals surface area contributed by atoms with Crippen molar-refractivity contribution in [3.63, 3.8) is 0 Å². The highest BCUT2D eigenvalue weighted by atomic mass is 32.2.